The van der Waals surface area contributed by atoms with Crippen LogP contribution in [0, 0.1) is 0 Å². The summed E-state index contributed by atoms with van der Waals surface area (Å²) in [6.45, 7) is 0.490. The fraction of sp³-hybridized carbons (Fsp3) is 0.0909. The molecule has 7 heteroatoms. The van der Waals surface area contributed by atoms with Gasteiger partial charge in [0.1, 0.15) is 5.01 Å². The van der Waals surface area contributed by atoms with Gasteiger partial charge in [-0.1, -0.05) is 18.2 Å². The average Bonchev–Trinajstić information content (AvgIpc) is 3.20. The molecule has 0 spiro atoms. The predicted molar refractivity (Wildman–Crippen MR) is 114 cm³/mol. The van der Waals surface area contributed by atoms with Gasteiger partial charge in [-0.3, -0.25) is 14.6 Å². The molecule has 1 amide bonds. The molecule has 4 rings (SSSR count). The van der Waals surface area contributed by atoms with Gasteiger partial charge < -0.3 is 9.88 Å². The van der Waals surface area contributed by atoms with Crippen LogP contribution in [0.3, 0.4) is 0 Å². The van der Waals surface area contributed by atoms with Crippen molar-refractivity contribution in [2.24, 2.45) is 0 Å². The average molecular weight is 402 g/mol. The Bertz CT molecular complexity index is 1170. The molecule has 1 N–H and O–H groups in total. The molecule has 0 unspecified atom stereocenters. The lowest BCUT2D eigenvalue weighted by Gasteiger charge is -2.08. The maximum absolute atomic E-state index is 12.3. The van der Waals surface area contributed by atoms with Crippen LogP contribution < -0.4 is 10.9 Å². The van der Waals surface area contributed by atoms with Crippen molar-refractivity contribution >= 4 is 22.9 Å². The third kappa shape index (κ3) is 4.83. The summed E-state index contributed by atoms with van der Waals surface area (Å²) in [4.78, 5) is 32.8. The van der Waals surface area contributed by atoms with E-state index in [1.807, 2.05) is 47.8 Å². The zero-order valence-corrected chi connectivity index (χ0v) is 16.3. The fourth-order valence-corrected chi connectivity index (χ4v) is 3.67. The van der Waals surface area contributed by atoms with Crippen molar-refractivity contribution in [3.05, 3.63) is 100 Å². The second kappa shape index (κ2) is 8.62. The van der Waals surface area contributed by atoms with E-state index in [9.17, 15) is 9.59 Å². The Morgan fingerprint density at radius 1 is 1.07 bits per heavy atom. The van der Waals surface area contributed by atoms with Gasteiger partial charge in [0.2, 0.25) is 5.91 Å². The Kier molecular flexibility index (Phi) is 5.58. The number of hydrogen-bond acceptors (Lipinski definition) is 5. The molecule has 4 aromatic rings. The van der Waals surface area contributed by atoms with Crippen molar-refractivity contribution in [2.45, 2.75) is 13.0 Å². The zero-order chi connectivity index (χ0) is 20.1. The minimum atomic E-state index is -0.125. The predicted octanol–water partition coefficient (Wildman–Crippen LogP) is 3.60. The van der Waals surface area contributed by atoms with Gasteiger partial charge in [0, 0.05) is 41.3 Å². The van der Waals surface area contributed by atoms with Crippen LogP contribution >= 0.6 is 11.3 Å². The van der Waals surface area contributed by atoms with Crippen LogP contribution in [0.2, 0.25) is 0 Å². The second-order valence-corrected chi connectivity index (χ2v) is 7.33. The lowest BCUT2D eigenvalue weighted by atomic mass is 10.2. The first-order valence-corrected chi connectivity index (χ1v) is 9.94. The van der Waals surface area contributed by atoms with Crippen LogP contribution in [0.5, 0.6) is 0 Å². The van der Waals surface area contributed by atoms with Gasteiger partial charge in [0.15, 0.2) is 0 Å². The number of carbonyl (C=O) groups is 1. The molecule has 0 bridgehead atoms. The molecule has 0 atom stereocenters. The summed E-state index contributed by atoms with van der Waals surface area (Å²) in [5.41, 5.74) is 3.32. The number of rotatable bonds is 6. The smallest absolute Gasteiger partial charge is 0.250 e. The Labute approximate surface area is 171 Å². The number of carbonyl (C=O) groups excluding carboxylic acids is 1. The van der Waals surface area contributed by atoms with E-state index < -0.39 is 0 Å². The summed E-state index contributed by atoms with van der Waals surface area (Å²) in [5, 5.41) is 5.63. The first kappa shape index (κ1) is 18.8. The number of benzene rings is 1. The lowest BCUT2D eigenvalue weighted by molar-refractivity contribution is -0.115. The maximum Gasteiger partial charge on any atom is 0.250 e. The number of thiazole rings is 1. The summed E-state index contributed by atoms with van der Waals surface area (Å²) in [6, 6.07) is 16.4. The van der Waals surface area contributed by atoms with Crippen molar-refractivity contribution in [1.82, 2.24) is 14.5 Å². The Balaban J connectivity index is 1.36. The molecule has 0 aliphatic heterocycles. The largest absolute Gasteiger partial charge is 0.326 e. The van der Waals surface area contributed by atoms with E-state index in [4.69, 9.17) is 0 Å². The number of pyridine rings is 2. The Hall–Kier alpha value is -3.58. The highest BCUT2D eigenvalue weighted by Gasteiger charge is 2.09. The van der Waals surface area contributed by atoms with Gasteiger partial charge in [-0.2, -0.15) is 0 Å². The van der Waals surface area contributed by atoms with Crippen LogP contribution in [0.4, 0.5) is 5.69 Å². The summed E-state index contributed by atoms with van der Waals surface area (Å²) in [6.07, 6.45) is 5.44. The SMILES string of the molecule is O=C(Cc1csc(-c2cccnc2)n1)Nc1ccc(Cn2ccccc2=O)cc1. The third-order valence-corrected chi connectivity index (χ3v) is 5.23. The molecule has 0 aliphatic rings. The fourth-order valence-electron chi connectivity index (χ4n) is 2.86. The molecule has 29 heavy (non-hydrogen) atoms. The number of aromatic nitrogens is 3. The van der Waals surface area contributed by atoms with Crippen LogP contribution in [0.25, 0.3) is 10.6 Å². The van der Waals surface area contributed by atoms with E-state index in [0.717, 1.165) is 21.8 Å². The van der Waals surface area contributed by atoms with E-state index in [-0.39, 0.29) is 17.9 Å². The number of nitrogens with one attached hydrogen (secondary N) is 1. The Morgan fingerprint density at radius 3 is 2.69 bits per heavy atom. The van der Waals surface area contributed by atoms with Crippen molar-refractivity contribution in [1.29, 1.82) is 0 Å². The molecular weight excluding hydrogens is 384 g/mol. The maximum atomic E-state index is 12.3. The van der Waals surface area contributed by atoms with E-state index in [1.165, 1.54) is 17.4 Å². The van der Waals surface area contributed by atoms with Gasteiger partial charge in [-0.25, -0.2) is 4.98 Å². The van der Waals surface area contributed by atoms with Crippen LogP contribution in [-0.2, 0) is 17.8 Å². The highest BCUT2D eigenvalue weighted by molar-refractivity contribution is 7.13. The van der Waals surface area contributed by atoms with Gasteiger partial charge in [-0.15, -0.1) is 11.3 Å². The highest BCUT2D eigenvalue weighted by Crippen LogP contribution is 2.23. The number of hydrogen-bond donors (Lipinski definition) is 1. The molecule has 6 nitrogen and oxygen atoms in total. The molecule has 1 aromatic carbocycles. The van der Waals surface area contributed by atoms with Gasteiger partial charge >= 0.3 is 0 Å². The third-order valence-electron chi connectivity index (χ3n) is 4.29. The van der Waals surface area contributed by atoms with Gasteiger partial charge in [0.05, 0.1) is 18.7 Å². The van der Waals surface area contributed by atoms with Gasteiger partial charge in [-0.05, 0) is 35.9 Å². The molecule has 0 saturated carbocycles. The number of nitrogens with zero attached hydrogens (tertiary/aromatic N) is 3. The molecule has 0 aliphatic carbocycles. The molecular formula is C22H18N4O2S. The summed E-state index contributed by atoms with van der Waals surface area (Å²) >= 11 is 1.50. The molecule has 144 valence electrons. The first-order chi connectivity index (χ1) is 14.2. The van der Waals surface area contributed by atoms with Crippen LogP contribution in [0.15, 0.2) is 83.4 Å². The van der Waals surface area contributed by atoms with E-state index in [2.05, 4.69) is 15.3 Å². The van der Waals surface area contributed by atoms with Crippen molar-refractivity contribution < 1.29 is 4.79 Å². The van der Waals surface area contributed by atoms with Gasteiger partial charge in [0.25, 0.3) is 5.56 Å². The van der Waals surface area contributed by atoms with E-state index in [0.29, 0.717) is 12.2 Å². The number of amides is 1. The summed E-state index contributed by atoms with van der Waals surface area (Å²) < 4.78 is 1.63. The first-order valence-electron chi connectivity index (χ1n) is 9.06. The second-order valence-electron chi connectivity index (χ2n) is 6.47. The zero-order valence-electron chi connectivity index (χ0n) is 15.5. The summed E-state index contributed by atoms with van der Waals surface area (Å²) in [5.74, 6) is -0.125. The topological polar surface area (TPSA) is 76.9 Å². The van der Waals surface area contributed by atoms with Crippen molar-refractivity contribution in [3.63, 3.8) is 0 Å². The van der Waals surface area contributed by atoms with Crippen molar-refractivity contribution in [2.75, 3.05) is 5.32 Å². The van der Waals surface area contributed by atoms with Crippen molar-refractivity contribution in [3.8, 4) is 10.6 Å². The standard InChI is InChI=1S/C22H18N4O2S/c27-20(12-19-15-29-22(25-19)17-4-3-10-23-13-17)24-18-8-6-16(7-9-18)14-26-11-2-1-5-21(26)28/h1-11,13,15H,12,14H2,(H,24,27). The molecule has 0 saturated heterocycles. The molecule has 3 aromatic heterocycles. The lowest BCUT2D eigenvalue weighted by Crippen LogP contribution is -2.18. The Morgan fingerprint density at radius 2 is 1.93 bits per heavy atom. The quantitative estimate of drug-likeness (QED) is 0.535. The molecule has 3 heterocycles. The normalized spacial score (nSPS) is 10.6. The minimum Gasteiger partial charge on any atom is -0.326 e. The summed E-state index contributed by atoms with van der Waals surface area (Å²) in [7, 11) is 0. The van der Waals surface area contributed by atoms with Crippen LogP contribution in [0.1, 0.15) is 11.3 Å². The monoisotopic (exact) mass is 402 g/mol. The highest BCUT2D eigenvalue weighted by atomic mass is 32.1. The van der Waals surface area contributed by atoms with E-state index in [1.54, 1.807) is 29.2 Å². The van der Waals surface area contributed by atoms with Crippen LogP contribution in [-0.4, -0.2) is 20.4 Å². The molecule has 0 radical (unpaired) electrons. The van der Waals surface area contributed by atoms with E-state index >= 15 is 0 Å². The minimum absolute atomic E-state index is 0.0428. The number of anilines is 1. The molecule has 0 fully saturated rings.